The molecule has 0 spiro atoms. The Morgan fingerprint density at radius 2 is 1.82 bits per heavy atom. The molecule has 214 valence electrons. The number of anilines is 1. The second-order valence-corrected chi connectivity index (χ2v) is 13.2. The van der Waals surface area contributed by atoms with Gasteiger partial charge in [-0.25, -0.2) is 4.98 Å². The maximum absolute atomic E-state index is 13.8. The van der Waals surface area contributed by atoms with Crippen molar-refractivity contribution in [3.63, 3.8) is 0 Å². The highest BCUT2D eigenvalue weighted by Gasteiger charge is 2.53. The van der Waals surface area contributed by atoms with Crippen molar-refractivity contribution in [2.75, 3.05) is 51.3 Å². The zero-order valence-electron chi connectivity index (χ0n) is 23.0. The highest BCUT2D eigenvalue weighted by atomic mass is 35.5. The highest BCUT2D eigenvalue weighted by Crippen LogP contribution is 2.35. The third-order valence-electron chi connectivity index (χ3n) is 8.81. The number of alkyl halides is 1. The van der Waals surface area contributed by atoms with E-state index >= 15 is 0 Å². The van der Waals surface area contributed by atoms with Crippen LogP contribution in [0.2, 0.25) is 0 Å². The largest absolute Gasteiger partial charge is 0.366 e. The van der Waals surface area contributed by atoms with E-state index in [4.69, 9.17) is 21.3 Å². The van der Waals surface area contributed by atoms with Crippen molar-refractivity contribution in [3.8, 4) is 11.3 Å². The fraction of sp³-hybridized carbons (Fsp3) is 0.586. The standard InChI is InChI=1S/C29H36ClN5O4S/c1-17-23(32-29(40-17)34-13-11-33(2)12-14-34)19-7-9-20(10-8-19)27(37)31-24(18-5-3-4-6-18)28(38)35-15-21(30)26-25(35)22(36)16-39-26/h7-10,18,21,24-26H,3-6,11-16H2,1-2H3,(H,31,37)/t21-,24-,25+,26+/m0/s1. The number of likely N-dealkylation sites (N-methyl/N-ethyl adjacent to an activating group) is 1. The van der Waals surface area contributed by atoms with Gasteiger partial charge in [-0.2, -0.15) is 0 Å². The highest BCUT2D eigenvalue weighted by molar-refractivity contribution is 7.16. The summed E-state index contributed by atoms with van der Waals surface area (Å²) in [5.41, 5.74) is 2.39. The molecule has 0 unspecified atom stereocenters. The summed E-state index contributed by atoms with van der Waals surface area (Å²) < 4.78 is 5.56. The van der Waals surface area contributed by atoms with Gasteiger partial charge >= 0.3 is 0 Å². The number of carbonyl (C=O) groups is 3. The summed E-state index contributed by atoms with van der Waals surface area (Å²) in [4.78, 5) is 52.0. The number of thiazole rings is 1. The van der Waals surface area contributed by atoms with E-state index in [1.807, 2.05) is 12.1 Å². The maximum Gasteiger partial charge on any atom is 0.251 e. The molecule has 3 saturated heterocycles. The third kappa shape index (κ3) is 5.26. The second kappa shape index (κ2) is 11.4. The van der Waals surface area contributed by atoms with Gasteiger partial charge in [-0.1, -0.05) is 25.0 Å². The van der Waals surface area contributed by atoms with Crippen LogP contribution in [0, 0.1) is 12.8 Å². The monoisotopic (exact) mass is 585 g/mol. The van der Waals surface area contributed by atoms with Gasteiger partial charge in [-0.05, 0) is 44.9 Å². The predicted molar refractivity (Wildman–Crippen MR) is 155 cm³/mol. The van der Waals surface area contributed by atoms with Crippen LogP contribution < -0.4 is 10.2 Å². The van der Waals surface area contributed by atoms with Gasteiger partial charge < -0.3 is 24.8 Å². The Balaban J connectivity index is 1.17. The Morgan fingerprint density at radius 1 is 1.12 bits per heavy atom. The molecule has 4 fully saturated rings. The van der Waals surface area contributed by atoms with Crippen molar-refractivity contribution in [2.24, 2.45) is 5.92 Å². The molecular formula is C29H36ClN5O4S. The lowest BCUT2D eigenvalue weighted by Crippen LogP contribution is -2.54. The summed E-state index contributed by atoms with van der Waals surface area (Å²) in [5.74, 6) is -0.617. The van der Waals surface area contributed by atoms with E-state index in [-0.39, 0.29) is 36.7 Å². The van der Waals surface area contributed by atoms with Gasteiger partial charge in [-0.15, -0.1) is 22.9 Å². The smallest absolute Gasteiger partial charge is 0.251 e. The molecular weight excluding hydrogens is 550 g/mol. The molecule has 4 atom stereocenters. The lowest BCUT2D eigenvalue weighted by Gasteiger charge is -2.32. The fourth-order valence-electron chi connectivity index (χ4n) is 6.46. The summed E-state index contributed by atoms with van der Waals surface area (Å²) in [5, 5.41) is 3.64. The number of ketones is 1. The number of benzene rings is 1. The van der Waals surface area contributed by atoms with E-state index in [0.29, 0.717) is 5.56 Å². The minimum absolute atomic E-state index is 0.0233. The average Bonchev–Trinajstić information content (AvgIpc) is 3.75. The number of nitrogens with zero attached hydrogens (tertiary/aromatic N) is 4. The zero-order chi connectivity index (χ0) is 28.0. The number of ether oxygens (including phenoxy) is 1. The molecule has 1 aromatic carbocycles. The van der Waals surface area contributed by atoms with E-state index in [2.05, 4.69) is 29.1 Å². The average molecular weight is 586 g/mol. The van der Waals surface area contributed by atoms with Gasteiger partial charge in [0.05, 0.1) is 11.1 Å². The third-order valence-corrected chi connectivity index (χ3v) is 10.2. The molecule has 2 amide bonds. The maximum atomic E-state index is 13.8. The number of aromatic nitrogens is 1. The van der Waals surface area contributed by atoms with Gasteiger partial charge in [-0.3, -0.25) is 14.4 Å². The lowest BCUT2D eigenvalue weighted by atomic mass is 9.95. The number of likely N-dealkylation sites (tertiary alicyclic amines) is 1. The van der Waals surface area contributed by atoms with Crippen LogP contribution in [-0.2, 0) is 14.3 Å². The van der Waals surface area contributed by atoms with Crippen LogP contribution in [0.15, 0.2) is 24.3 Å². The number of nitrogens with one attached hydrogen (secondary N) is 1. The molecule has 1 aliphatic carbocycles. The van der Waals surface area contributed by atoms with Crippen LogP contribution in [-0.4, -0.2) is 102 Å². The summed E-state index contributed by atoms with van der Waals surface area (Å²) in [6, 6.07) is 6.09. The Morgan fingerprint density at radius 3 is 2.52 bits per heavy atom. The normalized spacial score (nSPS) is 26.4. The molecule has 3 aliphatic heterocycles. The molecule has 11 heteroatoms. The second-order valence-electron chi connectivity index (χ2n) is 11.5. The van der Waals surface area contributed by atoms with Crippen LogP contribution in [0.3, 0.4) is 0 Å². The minimum atomic E-state index is -0.697. The minimum Gasteiger partial charge on any atom is -0.366 e. The Bertz CT molecular complexity index is 1270. The number of halogens is 1. The Hall–Kier alpha value is -2.53. The quantitative estimate of drug-likeness (QED) is 0.521. The van der Waals surface area contributed by atoms with Crippen molar-refractivity contribution >= 4 is 45.7 Å². The number of amides is 2. The van der Waals surface area contributed by atoms with Crippen molar-refractivity contribution in [3.05, 3.63) is 34.7 Å². The zero-order valence-corrected chi connectivity index (χ0v) is 24.5. The first-order valence-electron chi connectivity index (χ1n) is 14.2. The first-order chi connectivity index (χ1) is 19.3. The molecule has 1 aromatic heterocycles. The van der Waals surface area contributed by atoms with Gasteiger partial charge in [0.15, 0.2) is 10.9 Å². The number of rotatable bonds is 6. The number of carbonyl (C=O) groups excluding carboxylic acids is 3. The molecule has 6 rings (SSSR count). The van der Waals surface area contributed by atoms with E-state index in [9.17, 15) is 14.4 Å². The molecule has 1 saturated carbocycles. The summed E-state index contributed by atoms with van der Waals surface area (Å²) >= 11 is 8.15. The van der Waals surface area contributed by atoms with Crippen LogP contribution in [0.4, 0.5) is 5.13 Å². The molecule has 4 aliphatic rings. The van der Waals surface area contributed by atoms with Gasteiger partial charge in [0.25, 0.3) is 5.91 Å². The van der Waals surface area contributed by atoms with Gasteiger partial charge in [0, 0.05) is 48.7 Å². The fourth-order valence-corrected chi connectivity index (χ4v) is 7.80. The van der Waals surface area contributed by atoms with Gasteiger partial charge in [0.2, 0.25) is 5.91 Å². The van der Waals surface area contributed by atoms with Crippen LogP contribution in [0.25, 0.3) is 11.3 Å². The number of hydrogen-bond donors (Lipinski definition) is 1. The van der Waals surface area contributed by atoms with Gasteiger partial charge in [0.1, 0.15) is 24.8 Å². The molecule has 0 radical (unpaired) electrons. The molecule has 4 heterocycles. The summed E-state index contributed by atoms with van der Waals surface area (Å²) in [6.45, 7) is 6.29. The van der Waals surface area contributed by atoms with E-state index in [0.717, 1.165) is 73.1 Å². The first kappa shape index (κ1) is 27.6. The van der Waals surface area contributed by atoms with Crippen LogP contribution >= 0.6 is 22.9 Å². The number of piperazine rings is 1. The van der Waals surface area contributed by atoms with E-state index < -0.39 is 23.6 Å². The molecule has 2 aromatic rings. The number of fused-ring (bicyclic) bond motifs is 1. The van der Waals surface area contributed by atoms with Crippen molar-refractivity contribution in [1.82, 2.24) is 20.1 Å². The van der Waals surface area contributed by atoms with Crippen molar-refractivity contribution < 1.29 is 19.1 Å². The summed E-state index contributed by atoms with van der Waals surface area (Å²) in [7, 11) is 2.14. The molecule has 0 bridgehead atoms. The predicted octanol–water partition coefficient (Wildman–Crippen LogP) is 2.95. The van der Waals surface area contributed by atoms with Crippen LogP contribution in [0.5, 0.6) is 0 Å². The summed E-state index contributed by atoms with van der Waals surface area (Å²) in [6.07, 6.45) is 3.30. The number of hydrogen-bond acceptors (Lipinski definition) is 8. The van der Waals surface area contributed by atoms with Crippen molar-refractivity contribution in [2.45, 2.75) is 56.2 Å². The van der Waals surface area contributed by atoms with E-state index in [1.54, 1.807) is 28.4 Å². The molecule has 1 N–H and O–H groups in total. The molecule has 40 heavy (non-hydrogen) atoms. The number of Topliss-reactive ketones (excluding diaryl/α,β-unsaturated/α-hetero) is 1. The SMILES string of the molecule is Cc1sc(N2CCN(C)CC2)nc1-c1ccc(C(=O)N[C@H](C(=O)N2C[C@H](Cl)[C@H]3OCC(=O)[C@H]32)C2CCCC2)cc1. The number of aryl methyl sites for hydroxylation is 1. The van der Waals surface area contributed by atoms with E-state index in [1.165, 1.54) is 0 Å². The lowest BCUT2D eigenvalue weighted by molar-refractivity contribution is -0.139. The first-order valence-corrected chi connectivity index (χ1v) is 15.5. The Kier molecular flexibility index (Phi) is 7.87. The Labute approximate surface area is 243 Å². The van der Waals surface area contributed by atoms with Crippen molar-refractivity contribution in [1.29, 1.82) is 0 Å². The molecule has 9 nitrogen and oxygen atoms in total. The topological polar surface area (TPSA) is 95.1 Å². The van der Waals surface area contributed by atoms with Crippen LogP contribution in [0.1, 0.15) is 40.9 Å².